The van der Waals surface area contributed by atoms with Crippen molar-refractivity contribution in [2.45, 2.75) is 233 Å². The average molecular weight is 922 g/mol. The van der Waals surface area contributed by atoms with Crippen LogP contribution in [-0.2, 0) is 23.9 Å². The first-order valence-corrected chi connectivity index (χ1v) is 28.0. The van der Waals surface area contributed by atoms with Crippen molar-refractivity contribution >= 4 is 17.8 Å². The molecule has 0 spiro atoms. The maximum atomic E-state index is 13.7. The summed E-state index contributed by atoms with van der Waals surface area (Å²) in [5, 5.41) is 11.7. The highest BCUT2D eigenvalue weighted by Crippen LogP contribution is 2.14. The van der Waals surface area contributed by atoms with Crippen molar-refractivity contribution in [3.05, 3.63) is 0 Å². The van der Waals surface area contributed by atoms with Crippen molar-refractivity contribution in [2.75, 3.05) is 98.3 Å². The third-order valence-corrected chi connectivity index (χ3v) is 13.3. The summed E-state index contributed by atoms with van der Waals surface area (Å²) in [6.45, 7) is 22.0. The zero-order valence-electron chi connectivity index (χ0n) is 43.6. The van der Waals surface area contributed by atoms with E-state index in [2.05, 4.69) is 54.2 Å². The summed E-state index contributed by atoms with van der Waals surface area (Å²) in [6.07, 6.45) is 33.3. The van der Waals surface area contributed by atoms with Gasteiger partial charge in [0.2, 0.25) is 5.91 Å². The molecule has 1 unspecified atom stereocenters. The minimum Gasteiger partial charge on any atom is -0.466 e. The van der Waals surface area contributed by atoms with Gasteiger partial charge in [-0.2, -0.15) is 0 Å². The number of piperazine rings is 1. The Balaban J connectivity index is 2.83. The molecule has 1 N–H and O–H groups in total. The van der Waals surface area contributed by atoms with E-state index in [0.29, 0.717) is 71.7 Å². The van der Waals surface area contributed by atoms with Crippen molar-refractivity contribution in [1.82, 2.24) is 24.5 Å². The van der Waals surface area contributed by atoms with Gasteiger partial charge in [-0.15, -0.1) is 0 Å². The highest BCUT2D eigenvalue weighted by molar-refractivity contribution is 5.78. The number of rotatable bonds is 47. The standard InChI is InChI=1S/C54H107N5O6/c1-6-11-16-19-22-25-28-36-55(39-32-34-53(62)64-47-15-10-5)41-42-57(38-30-27-24-21-18-13-8-3)50-52(61)59-45-43-58(44-46-59)51(60)49-56(37-29-26-23-20-17-12-7-2)40-33-35-54(63)65-48-31-14-9-4/h52,61H,6-50H2,1-5H3. The van der Waals surface area contributed by atoms with Crippen LogP contribution in [0.15, 0.2) is 0 Å². The van der Waals surface area contributed by atoms with Crippen LogP contribution in [0.5, 0.6) is 0 Å². The number of hydrogen-bond donors (Lipinski definition) is 1. The molecule has 65 heavy (non-hydrogen) atoms. The zero-order valence-corrected chi connectivity index (χ0v) is 43.6. The van der Waals surface area contributed by atoms with Gasteiger partial charge < -0.3 is 24.4 Å². The largest absolute Gasteiger partial charge is 0.466 e. The first kappa shape index (κ1) is 61.2. The molecule has 0 aromatic heterocycles. The molecule has 0 saturated carbocycles. The van der Waals surface area contributed by atoms with Gasteiger partial charge in [0.25, 0.3) is 0 Å². The number of unbranched alkanes of at least 4 members (excludes halogenated alkanes) is 21. The Morgan fingerprint density at radius 3 is 1.29 bits per heavy atom. The summed E-state index contributed by atoms with van der Waals surface area (Å²) in [6, 6.07) is 0. The Kier molecular flexibility index (Phi) is 42.1. The van der Waals surface area contributed by atoms with Crippen LogP contribution in [0, 0.1) is 0 Å². The van der Waals surface area contributed by atoms with Crippen LogP contribution < -0.4 is 0 Å². The van der Waals surface area contributed by atoms with Gasteiger partial charge in [0.1, 0.15) is 6.23 Å². The maximum Gasteiger partial charge on any atom is 0.305 e. The molecule has 384 valence electrons. The van der Waals surface area contributed by atoms with Crippen molar-refractivity contribution in [2.24, 2.45) is 0 Å². The van der Waals surface area contributed by atoms with E-state index in [9.17, 15) is 19.5 Å². The monoisotopic (exact) mass is 922 g/mol. The summed E-state index contributed by atoms with van der Waals surface area (Å²) < 4.78 is 10.9. The van der Waals surface area contributed by atoms with E-state index < -0.39 is 6.23 Å². The van der Waals surface area contributed by atoms with E-state index in [4.69, 9.17) is 9.47 Å². The Morgan fingerprint density at radius 2 is 0.800 bits per heavy atom. The fourth-order valence-electron chi connectivity index (χ4n) is 8.87. The van der Waals surface area contributed by atoms with E-state index in [0.717, 1.165) is 97.2 Å². The number of aliphatic hydroxyl groups is 1. The number of esters is 2. The second kappa shape index (κ2) is 44.7. The van der Waals surface area contributed by atoms with Crippen LogP contribution in [0.25, 0.3) is 0 Å². The molecular weight excluding hydrogens is 815 g/mol. The van der Waals surface area contributed by atoms with E-state index >= 15 is 0 Å². The number of carbonyl (C=O) groups excluding carboxylic acids is 3. The average Bonchev–Trinajstić information content (AvgIpc) is 3.30. The molecule has 1 saturated heterocycles. The number of nitrogens with zero attached hydrogens (tertiary/aromatic N) is 5. The summed E-state index contributed by atoms with van der Waals surface area (Å²) in [5.41, 5.74) is 0. The quantitative estimate of drug-likeness (QED) is 0.0468. The van der Waals surface area contributed by atoms with Crippen LogP contribution in [-0.4, -0.2) is 152 Å². The molecule has 1 atom stereocenters. The van der Waals surface area contributed by atoms with E-state index in [-0.39, 0.29) is 17.8 Å². The van der Waals surface area contributed by atoms with Crippen molar-refractivity contribution in [3.8, 4) is 0 Å². The highest BCUT2D eigenvalue weighted by atomic mass is 16.5. The molecule has 1 aliphatic heterocycles. The molecule has 0 aliphatic carbocycles. The lowest BCUT2D eigenvalue weighted by Gasteiger charge is -2.39. The van der Waals surface area contributed by atoms with Gasteiger partial charge in [0, 0.05) is 58.7 Å². The highest BCUT2D eigenvalue weighted by Gasteiger charge is 2.27. The minimum atomic E-state index is -0.582. The van der Waals surface area contributed by atoms with Crippen LogP contribution in [0.4, 0.5) is 0 Å². The molecule has 0 aromatic carbocycles. The van der Waals surface area contributed by atoms with Gasteiger partial charge in [0.05, 0.1) is 19.8 Å². The normalized spacial score (nSPS) is 14.0. The Bertz CT molecular complexity index is 1090. The van der Waals surface area contributed by atoms with Crippen LogP contribution in [0.3, 0.4) is 0 Å². The first-order chi connectivity index (χ1) is 31.8. The summed E-state index contributed by atoms with van der Waals surface area (Å²) in [7, 11) is 0. The number of carbonyl (C=O) groups is 3. The van der Waals surface area contributed by atoms with Gasteiger partial charge >= 0.3 is 11.9 Å². The fraction of sp³-hybridized carbons (Fsp3) is 0.944. The Hall–Kier alpha value is -1.79. The molecule has 0 radical (unpaired) electrons. The second-order valence-corrected chi connectivity index (χ2v) is 19.4. The number of hydrogen-bond acceptors (Lipinski definition) is 10. The zero-order chi connectivity index (χ0) is 47.4. The molecule has 11 heteroatoms. The third-order valence-electron chi connectivity index (χ3n) is 13.3. The van der Waals surface area contributed by atoms with Gasteiger partial charge in [0.15, 0.2) is 0 Å². The third kappa shape index (κ3) is 35.9. The van der Waals surface area contributed by atoms with Crippen LogP contribution in [0.2, 0.25) is 0 Å². The maximum absolute atomic E-state index is 13.7. The summed E-state index contributed by atoms with van der Waals surface area (Å²) in [4.78, 5) is 50.0. The van der Waals surface area contributed by atoms with Gasteiger partial charge in [-0.1, -0.05) is 169 Å². The van der Waals surface area contributed by atoms with Crippen molar-refractivity contribution in [3.63, 3.8) is 0 Å². The Morgan fingerprint density at radius 1 is 0.431 bits per heavy atom. The minimum absolute atomic E-state index is 0.0762. The first-order valence-electron chi connectivity index (χ1n) is 28.0. The van der Waals surface area contributed by atoms with Gasteiger partial charge in [-0.05, 0) is 77.7 Å². The number of amides is 1. The van der Waals surface area contributed by atoms with Gasteiger partial charge in [-0.3, -0.25) is 29.1 Å². The molecule has 1 fully saturated rings. The van der Waals surface area contributed by atoms with Crippen molar-refractivity contribution in [1.29, 1.82) is 0 Å². The molecule has 1 amide bonds. The molecule has 1 heterocycles. The smallest absolute Gasteiger partial charge is 0.305 e. The molecular formula is C54H107N5O6. The predicted molar refractivity (Wildman–Crippen MR) is 272 cm³/mol. The van der Waals surface area contributed by atoms with E-state index in [1.54, 1.807) is 0 Å². The topological polar surface area (TPSA) is 106 Å². The SMILES string of the molecule is CCCCCCCCCN(CCCC(=O)OCCCC)CCN(CCCCCCCCC)CC(O)N1CCN(C(=O)CN(CCCCCCCCC)CCCC(=O)OCCCCC)CC1. The number of aliphatic hydroxyl groups excluding tert-OH is 1. The lowest BCUT2D eigenvalue weighted by Crippen LogP contribution is -2.56. The van der Waals surface area contributed by atoms with E-state index in [1.165, 1.54) is 122 Å². The molecule has 0 bridgehead atoms. The summed E-state index contributed by atoms with van der Waals surface area (Å²) >= 11 is 0. The van der Waals surface area contributed by atoms with Gasteiger partial charge in [-0.25, -0.2) is 0 Å². The molecule has 11 nitrogen and oxygen atoms in total. The predicted octanol–water partition coefficient (Wildman–Crippen LogP) is 11.2. The Labute approximate surface area is 401 Å². The second-order valence-electron chi connectivity index (χ2n) is 19.4. The van der Waals surface area contributed by atoms with Crippen molar-refractivity contribution < 1.29 is 29.0 Å². The van der Waals surface area contributed by atoms with Crippen LogP contribution in [0.1, 0.15) is 227 Å². The number of ether oxygens (including phenoxy) is 2. The molecule has 0 aromatic rings. The molecule has 1 aliphatic rings. The van der Waals surface area contributed by atoms with Crippen LogP contribution >= 0.6 is 0 Å². The van der Waals surface area contributed by atoms with E-state index in [1.807, 2.05) is 4.90 Å². The lowest BCUT2D eigenvalue weighted by atomic mass is 10.1. The fourth-order valence-corrected chi connectivity index (χ4v) is 8.87. The molecule has 1 rings (SSSR count). The summed E-state index contributed by atoms with van der Waals surface area (Å²) in [5.74, 6) is -0.0516. The lowest BCUT2D eigenvalue weighted by molar-refractivity contribution is -0.144.